The molecular weight excluding hydrogens is 490 g/mol. The molecule has 0 saturated carbocycles. The lowest BCUT2D eigenvalue weighted by atomic mass is 10.2. The Balaban J connectivity index is 0.00000420. The summed E-state index contributed by atoms with van der Waals surface area (Å²) in [7, 11) is 3.16. The predicted molar refractivity (Wildman–Crippen MR) is 123 cm³/mol. The van der Waals surface area contributed by atoms with Crippen molar-refractivity contribution in [2.24, 2.45) is 4.99 Å². The van der Waals surface area contributed by atoms with Gasteiger partial charge in [-0.2, -0.15) is 0 Å². The maximum atomic E-state index is 12.9. The van der Waals surface area contributed by atoms with Crippen LogP contribution in [0.5, 0.6) is 11.5 Å². The third-order valence-electron chi connectivity index (χ3n) is 3.76. The van der Waals surface area contributed by atoms with Crippen LogP contribution in [-0.4, -0.2) is 39.2 Å². The average Bonchev–Trinajstić information content (AvgIpc) is 2.71. The topological polar surface area (TPSA) is 84.0 Å². The molecule has 1 amide bonds. The van der Waals surface area contributed by atoms with Gasteiger partial charge in [0.1, 0.15) is 5.82 Å². The molecule has 158 valence electrons. The van der Waals surface area contributed by atoms with Crippen LogP contribution < -0.4 is 25.4 Å². The third kappa shape index (κ3) is 8.14. The van der Waals surface area contributed by atoms with E-state index in [1.807, 2.05) is 25.1 Å². The minimum Gasteiger partial charge on any atom is -0.493 e. The van der Waals surface area contributed by atoms with Gasteiger partial charge in [-0.1, -0.05) is 6.07 Å². The van der Waals surface area contributed by atoms with Gasteiger partial charge >= 0.3 is 0 Å². The highest BCUT2D eigenvalue weighted by Crippen LogP contribution is 2.27. The smallest absolute Gasteiger partial charge is 0.243 e. The average molecular weight is 516 g/mol. The van der Waals surface area contributed by atoms with E-state index in [0.717, 1.165) is 5.56 Å². The second-order valence-electron chi connectivity index (χ2n) is 5.79. The van der Waals surface area contributed by atoms with E-state index >= 15 is 0 Å². The maximum absolute atomic E-state index is 12.9. The number of halogens is 2. The normalized spacial score (nSPS) is 10.6. The van der Waals surface area contributed by atoms with E-state index in [-0.39, 0.29) is 42.2 Å². The van der Waals surface area contributed by atoms with Crippen molar-refractivity contribution in [2.75, 3.05) is 32.6 Å². The van der Waals surface area contributed by atoms with Gasteiger partial charge < -0.3 is 25.4 Å². The zero-order chi connectivity index (χ0) is 20.4. The Bertz CT molecular complexity index is 816. The molecule has 29 heavy (non-hydrogen) atoms. The Morgan fingerprint density at radius 2 is 1.72 bits per heavy atom. The number of rotatable bonds is 8. The molecule has 0 aliphatic heterocycles. The van der Waals surface area contributed by atoms with Crippen LogP contribution in [0, 0.1) is 5.82 Å². The van der Waals surface area contributed by atoms with Crippen LogP contribution >= 0.6 is 24.0 Å². The third-order valence-corrected chi connectivity index (χ3v) is 3.76. The zero-order valence-electron chi connectivity index (χ0n) is 16.6. The van der Waals surface area contributed by atoms with E-state index in [4.69, 9.17) is 9.47 Å². The van der Waals surface area contributed by atoms with Gasteiger partial charge in [-0.25, -0.2) is 9.38 Å². The first-order valence-electron chi connectivity index (χ1n) is 8.84. The highest BCUT2D eigenvalue weighted by Gasteiger charge is 2.07. The molecule has 0 fully saturated rings. The van der Waals surface area contributed by atoms with Crippen molar-refractivity contribution in [3.63, 3.8) is 0 Å². The molecule has 0 aliphatic rings. The van der Waals surface area contributed by atoms with Crippen LogP contribution in [0.15, 0.2) is 47.5 Å². The van der Waals surface area contributed by atoms with Crippen molar-refractivity contribution in [3.05, 3.63) is 53.8 Å². The number of ether oxygens (including phenoxy) is 2. The molecule has 2 aromatic rings. The van der Waals surface area contributed by atoms with Crippen LogP contribution in [0.1, 0.15) is 12.5 Å². The first kappa shape index (κ1) is 24.5. The van der Waals surface area contributed by atoms with Crippen molar-refractivity contribution in [1.82, 2.24) is 10.6 Å². The molecule has 7 nitrogen and oxygen atoms in total. The van der Waals surface area contributed by atoms with Crippen molar-refractivity contribution in [3.8, 4) is 11.5 Å². The highest BCUT2D eigenvalue weighted by atomic mass is 127. The molecule has 3 N–H and O–H groups in total. The lowest BCUT2D eigenvalue weighted by molar-refractivity contribution is -0.115. The quantitative estimate of drug-likeness (QED) is 0.285. The second-order valence-corrected chi connectivity index (χ2v) is 5.79. The molecule has 2 rings (SSSR count). The summed E-state index contributed by atoms with van der Waals surface area (Å²) in [5.74, 6) is 1.17. The number of methoxy groups -OCH3 is 2. The van der Waals surface area contributed by atoms with Gasteiger partial charge in [-0.05, 0) is 48.9 Å². The number of guanidine groups is 1. The van der Waals surface area contributed by atoms with Gasteiger partial charge in [0.15, 0.2) is 17.5 Å². The lowest BCUT2D eigenvalue weighted by Gasteiger charge is -2.12. The van der Waals surface area contributed by atoms with Crippen LogP contribution in [0.3, 0.4) is 0 Å². The number of benzene rings is 2. The molecule has 0 aliphatic carbocycles. The first-order chi connectivity index (χ1) is 13.5. The van der Waals surface area contributed by atoms with Crippen LogP contribution in [0.25, 0.3) is 0 Å². The standard InChI is InChI=1S/C20H25FN4O3.HI/c1-4-22-20(23-12-14-5-10-17(27-2)18(11-14)28-3)24-13-19(26)25-16-8-6-15(21)7-9-16;/h5-11H,4,12-13H2,1-3H3,(H,25,26)(H2,22,23,24);1H. The number of hydrogen-bond acceptors (Lipinski definition) is 4. The summed E-state index contributed by atoms with van der Waals surface area (Å²) >= 11 is 0. The van der Waals surface area contributed by atoms with E-state index in [0.29, 0.717) is 36.2 Å². The predicted octanol–water partition coefficient (Wildman–Crippen LogP) is 3.15. The van der Waals surface area contributed by atoms with Gasteiger partial charge in [-0.15, -0.1) is 24.0 Å². The maximum Gasteiger partial charge on any atom is 0.243 e. The largest absolute Gasteiger partial charge is 0.493 e. The van der Waals surface area contributed by atoms with Crippen LogP contribution in [0.2, 0.25) is 0 Å². The van der Waals surface area contributed by atoms with Crippen molar-refractivity contribution >= 4 is 41.5 Å². The summed E-state index contributed by atoms with van der Waals surface area (Å²) in [6, 6.07) is 11.2. The van der Waals surface area contributed by atoms with Crippen molar-refractivity contribution in [2.45, 2.75) is 13.5 Å². The number of hydrogen-bond donors (Lipinski definition) is 3. The second kappa shape index (κ2) is 12.8. The fourth-order valence-corrected chi connectivity index (χ4v) is 2.39. The van der Waals surface area contributed by atoms with Crippen LogP contribution in [0.4, 0.5) is 10.1 Å². The van der Waals surface area contributed by atoms with E-state index in [1.165, 1.54) is 24.3 Å². The summed E-state index contributed by atoms with van der Waals surface area (Å²) < 4.78 is 23.4. The lowest BCUT2D eigenvalue weighted by Crippen LogP contribution is -2.41. The number of anilines is 1. The van der Waals surface area contributed by atoms with Crippen molar-refractivity contribution < 1.29 is 18.7 Å². The van der Waals surface area contributed by atoms with Crippen molar-refractivity contribution in [1.29, 1.82) is 0 Å². The van der Waals surface area contributed by atoms with Gasteiger partial charge in [0, 0.05) is 12.2 Å². The number of carbonyl (C=O) groups is 1. The zero-order valence-corrected chi connectivity index (χ0v) is 19.0. The fourth-order valence-electron chi connectivity index (χ4n) is 2.39. The van der Waals surface area contributed by atoms with E-state index < -0.39 is 0 Å². The molecule has 0 saturated heterocycles. The fraction of sp³-hybridized carbons (Fsp3) is 0.300. The molecule has 0 unspecified atom stereocenters. The van der Waals surface area contributed by atoms with Gasteiger partial charge in [0.25, 0.3) is 0 Å². The summed E-state index contributed by atoms with van der Waals surface area (Å²) in [4.78, 5) is 16.5. The molecule has 0 aromatic heterocycles. The Kier molecular flexibility index (Phi) is 10.8. The molecule has 9 heteroatoms. The van der Waals surface area contributed by atoms with Gasteiger partial charge in [0.05, 0.1) is 27.3 Å². The number of aliphatic imine (C=N–C) groups is 1. The summed E-state index contributed by atoms with van der Waals surface area (Å²) in [5.41, 5.74) is 1.46. The monoisotopic (exact) mass is 516 g/mol. The first-order valence-corrected chi connectivity index (χ1v) is 8.84. The Morgan fingerprint density at radius 3 is 2.34 bits per heavy atom. The molecule has 0 heterocycles. The number of nitrogens with zero attached hydrogens (tertiary/aromatic N) is 1. The molecular formula is C20H26FIN4O3. The molecule has 0 spiro atoms. The van der Waals surface area contributed by atoms with E-state index in [2.05, 4.69) is 20.9 Å². The minimum atomic E-state index is -0.354. The molecule has 2 aromatic carbocycles. The summed E-state index contributed by atoms with van der Waals surface area (Å²) in [6.45, 7) is 3.01. The number of nitrogens with one attached hydrogen (secondary N) is 3. The SMILES string of the molecule is CCNC(=NCc1ccc(OC)c(OC)c1)NCC(=O)Nc1ccc(F)cc1.I. The highest BCUT2D eigenvalue weighted by molar-refractivity contribution is 14.0. The van der Waals surface area contributed by atoms with Gasteiger partial charge in [-0.3, -0.25) is 4.79 Å². The Labute approximate surface area is 187 Å². The minimum absolute atomic E-state index is 0. The van der Waals surface area contributed by atoms with Crippen LogP contribution in [-0.2, 0) is 11.3 Å². The van der Waals surface area contributed by atoms with E-state index in [9.17, 15) is 9.18 Å². The number of carbonyl (C=O) groups excluding carboxylic acids is 1. The van der Waals surface area contributed by atoms with Gasteiger partial charge in [0.2, 0.25) is 5.91 Å². The summed E-state index contributed by atoms with van der Waals surface area (Å²) in [6.07, 6.45) is 0. The Hall–Kier alpha value is -2.56. The number of amides is 1. The summed E-state index contributed by atoms with van der Waals surface area (Å²) in [5, 5.41) is 8.74. The van der Waals surface area contributed by atoms with E-state index in [1.54, 1.807) is 14.2 Å². The molecule has 0 bridgehead atoms. The Morgan fingerprint density at radius 1 is 1.03 bits per heavy atom. The molecule has 0 atom stereocenters. The molecule has 0 radical (unpaired) electrons.